The summed E-state index contributed by atoms with van der Waals surface area (Å²) in [6, 6.07) is 10.1. The van der Waals surface area contributed by atoms with E-state index >= 15 is 0 Å². The van der Waals surface area contributed by atoms with Gasteiger partial charge >= 0.3 is 6.18 Å². The van der Waals surface area contributed by atoms with Crippen molar-refractivity contribution in [1.29, 1.82) is 0 Å². The standard InChI is InChI=1S/C21H17F3N4O3/c1-11-17(18(29)20(31)26-15-8-6-13(7-9-15)19(25)30)12(2)28(27-11)16-5-3-4-14(10-16)21(22,23)24/h3-10H,1-2H3,(H2,25,30)(H,26,31). The van der Waals surface area contributed by atoms with Crippen molar-refractivity contribution in [3.05, 3.63) is 76.6 Å². The Hall–Kier alpha value is -3.95. The van der Waals surface area contributed by atoms with Gasteiger partial charge in [0.2, 0.25) is 5.91 Å². The molecule has 160 valence electrons. The van der Waals surface area contributed by atoms with Crippen LogP contribution in [0.3, 0.4) is 0 Å². The maximum absolute atomic E-state index is 13.0. The van der Waals surface area contributed by atoms with Crippen LogP contribution in [0.2, 0.25) is 0 Å². The van der Waals surface area contributed by atoms with Crippen LogP contribution in [0.4, 0.5) is 18.9 Å². The quantitative estimate of drug-likeness (QED) is 0.478. The lowest BCUT2D eigenvalue weighted by Gasteiger charge is -2.10. The molecule has 0 aliphatic carbocycles. The molecule has 0 saturated carbocycles. The predicted molar refractivity (Wildman–Crippen MR) is 106 cm³/mol. The topological polar surface area (TPSA) is 107 Å². The molecule has 10 heteroatoms. The highest BCUT2D eigenvalue weighted by Gasteiger charge is 2.31. The van der Waals surface area contributed by atoms with Gasteiger partial charge in [-0.25, -0.2) is 4.68 Å². The number of alkyl halides is 3. The van der Waals surface area contributed by atoms with E-state index in [9.17, 15) is 27.6 Å². The van der Waals surface area contributed by atoms with Gasteiger partial charge in [0, 0.05) is 11.3 Å². The van der Waals surface area contributed by atoms with Crippen LogP contribution in [-0.4, -0.2) is 27.4 Å². The lowest BCUT2D eigenvalue weighted by molar-refractivity contribution is -0.137. The van der Waals surface area contributed by atoms with Crippen LogP contribution in [0.15, 0.2) is 48.5 Å². The van der Waals surface area contributed by atoms with E-state index in [2.05, 4.69) is 10.4 Å². The summed E-state index contributed by atoms with van der Waals surface area (Å²) >= 11 is 0. The predicted octanol–water partition coefficient (Wildman–Crippen LogP) is 3.43. The van der Waals surface area contributed by atoms with Gasteiger partial charge in [-0.15, -0.1) is 0 Å². The monoisotopic (exact) mass is 430 g/mol. The number of Topliss-reactive ketones (excluding diaryl/α,β-unsaturated/α-hetero) is 1. The van der Waals surface area contributed by atoms with Crippen LogP contribution in [0.1, 0.15) is 37.7 Å². The van der Waals surface area contributed by atoms with Gasteiger partial charge in [-0.2, -0.15) is 18.3 Å². The van der Waals surface area contributed by atoms with E-state index in [1.807, 2.05) is 0 Å². The first-order valence-corrected chi connectivity index (χ1v) is 8.98. The highest BCUT2D eigenvalue weighted by Crippen LogP contribution is 2.31. The van der Waals surface area contributed by atoms with Crippen molar-refractivity contribution in [2.45, 2.75) is 20.0 Å². The normalized spacial score (nSPS) is 11.3. The van der Waals surface area contributed by atoms with E-state index in [1.54, 1.807) is 0 Å². The summed E-state index contributed by atoms with van der Waals surface area (Å²) in [7, 11) is 0. The number of anilines is 1. The van der Waals surface area contributed by atoms with Gasteiger partial charge in [-0.05, 0) is 56.3 Å². The first-order valence-electron chi connectivity index (χ1n) is 8.98. The molecule has 0 spiro atoms. The van der Waals surface area contributed by atoms with Crippen LogP contribution in [0, 0.1) is 13.8 Å². The van der Waals surface area contributed by atoms with Crippen LogP contribution in [0.25, 0.3) is 5.69 Å². The molecule has 2 amide bonds. The van der Waals surface area contributed by atoms with Crippen molar-refractivity contribution in [3.63, 3.8) is 0 Å². The Morgan fingerprint density at radius 3 is 2.26 bits per heavy atom. The van der Waals surface area contributed by atoms with E-state index < -0.39 is 29.3 Å². The first-order chi connectivity index (χ1) is 14.5. The third-order valence-electron chi connectivity index (χ3n) is 4.57. The Bertz CT molecular complexity index is 1180. The first kappa shape index (κ1) is 21.8. The Labute approximate surface area is 174 Å². The van der Waals surface area contributed by atoms with Gasteiger partial charge in [0.1, 0.15) is 0 Å². The van der Waals surface area contributed by atoms with Gasteiger partial charge in [0.15, 0.2) is 0 Å². The van der Waals surface area contributed by atoms with Crippen molar-refractivity contribution in [2.75, 3.05) is 5.32 Å². The molecule has 1 heterocycles. The molecule has 0 unspecified atom stereocenters. The Kier molecular flexibility index (Phi) is 5.65. The molecule has 31 heavy (non-hydrogen) atoms. The number of ketones is 1. The molecule has 0 saturated heterocycles. The molecule has 1 aromatic heterocycles. The number of primary amides is 1. The molecule has 3 aromatic rings. The minimum absolute atomic E-state index is 0.0105. The molecule has 0 fully saturated rings. The lowest BCUT2D eigenvalue weighted by atomic mass is 10.1. The number of benzene rings is 2. The largest absolute Gasteiger partial charge is 0.416 e. The van der Waals surface area contributed by atoms with Gasteiger partial charge in [-0.1, -0.05) is 6.07 Å². The smallest absolute Gasteiger partial charge is 0.366 e. The van der Waals surface area contributed by atoms with E-state index in [0.29, 0.717) is 0 Å². The van der Waals surface area contributed by atoms with E-state index in [1.165, 1.54) is 54.9 Å². The maximum Gasteiger partial charge on any atom is 0.416 e. The summed E-state index contributed by atoms with van der Waals surface area (Å²) in [6.07, 6.45) is -4.53. The minimum atomic E-state index is -4.53. The second-order valence-corrected chi connectivity index (χ2v) is 6.73. The zero-order chi connectivity index (χ0) is 22.9. The number of aromatic nitrogens is 2. The number of nitrogens with one attached hydrogen (secondary N) is 1. The number of hydrogen-bond acceptors (Lipinski definition) is 4. The maximum atomic E-state index is 13.0. The fourth-order valence-corrected chi connectivity index (χ4v) is 3.06. The van der Waals surface area contributed by atoms with Gasteiger partial charge in [0.05, 0.1) is 28.2 Å². The Morgan fingerprint density at radius 1 is 1.03 bits per heavy atom. The number of rotatable bonds is 5. The van der Waals surface area contributed by atoms with Gasteiger partial charge in [-0.3, -0.25) is 14.4 Å². The van der Waals surface area contributed by atoms with Gasteiger partial charge in [0.25, 0.3) is 11.7 Å². The summed E-state index contributed by atoms with van der Waals surface area (Å²) in [5, 5.41) is 6.55. The SMILES string of the molecule is Cc1nn(-c2cccc(C(F)(F)F)c2)c(C)c1C(=O)C(=O)Nc1ccc(C(N)=O)cc1. The fraction of sp³-hybridized carbons (Fsp3) is 0.143. The van der Waals surface area contributed by atoms with E-state index in [0.717, 1.165) is 12.1 Å². The van der Waals surface area contributed by atoms with E-state index in [4.69, 9.17) is 5.73 Å². The third kappa shape index (κ3) is 4.47. The van der Waals surface area contributed by atoms with Gasteiger partial charge < -0.3 is 11.1 Å². The molecule has 3 rings (SSSR count). The zero-order valence-electron chi connectivity index (χ0n) is 16.4. The summed E-state index contributed by atoms with van der Waals surface area (Å²) in [4.78, 5) is 36.3. The molecule has 2 aromatic carbocycles. The van der Waals surface area contributed by atoms with Crippen LogP contribution >= 0.6 is 0 Å². The Morgan fingerprint density at radius 2 is 1.68 bits per heavy atom. The van der Waals surface area contributed by atoms with Crippen LogP contribution < -0.4 is 11.1 Å². The average Bonchev–Trinajstić information content (AvgIpc) is 3.01. The number of amides is 2. The molecule has 7 nitrogen and oxygen atoms in total. The van der Waals surface area contributed by atoms with Crippen LogP contribution in [-0.2, 0) is 11.0 Å². The average molecular weight is 430 g/mol. The van der Waals surface area contributed by atoms with Crippen LogP contribution in [0.5, 0.6) is 0 Å². The van der Waals surface area contributed by atoms with E-state index in [-0.39, 0.29) is 33.9 Å². The molecule has 3 N–H and O–H groups in total. The second-order valence-electron chi connectivity index (χ2n) is 6.73. The Balaban J connectivity index is 1.88. The second kappa shape index (κ2) is 8.05. The van der Waals surface area contributed by atoms with Crippen molar-refractivity contribution >= 4 is 23.3 Å². The number of halogens is 3. The summed E-state index contributed by atoms with van der Waals surface area (Å²) in [5.74, 6) is -2.49. The number of aryl methyl sites for hydroxylation is 1. The molecule has 0 aliphatic rings. The third-order valence-corrected chi connectivity index (χ3v) is 4.57. The highest BCUT2D eigenvalue weighted by molar-refractivity contribution is 6.47. The molecule has 0 aliphatic heterocycles. The minimum Gasteiger partial charge on any atom is -0.366 e. The van der Waals surface area contributed by atoms with Crippen molar-refractivity contribution < 1.29 is 27.6 Å². The van der Waals surface area contributed by atoms with Crippen molar-refractivity contribution in [2.24, 2.45) is 5.73 Å². The molecule has 0 bridgehead atoms. The highest BCUT2D eigenvalue weighted by atomic mass is 19.4. The number of hydrogen-bond donors (Lipinski definition) is 2. The van der Waals surface area contributed by atoms with Crippen molar-refractivity contribution in [3.8, 4) is 5.69 Å². The number of nitrogens with zero attached hydrogens (tertiary/aromatic N) is 2. The molecule has 0 atom stereocenters. The molecule has 0 radical (unpaired) electrons. The van der Waals surface area contributed by atoms with Crippen molar-refractivity contribution in [1.82, 2.24) is 9.78 Å². The fourth-order valence-electron chi connectivity index (χ4n) is 3.06. The summed E-state index contributed by atoms with van der Waals surface area (Å²) in [5.41, 5.74) is 5.31. The lowest BCUT2D eigenvalue weighted by Crippen LogP contribution is -2.24. The number of carbonyl (C=O) groups excluding carboxylic acids is 3. The summed E-state index contributed by atoms with van der Waals surface area (Å²) in [6.45, 7) is 2.97. The number of carbonyl (C=O) groups is 3. The number of nitrogens with two attached hydrogens (primary N) is 1. The molecular formula is C21H17F3N4O3. The summed E-state index contributed by atoms with van der Waals surface area (Å²) < 4.78 is 40.2. The zero-order valence-corrected chi connectivity index (χ0v) is 16.4. The molecular weight excluding hydrogens is 413 g/mol.